The van der Waals surface area contributed by atoms with Gasteiger partial charge in [-0.3, -0.25) is 13.9 Å². The van der Waals surface area contributed by atoms with Gasteiger partial charge >= 0.3 is 0 Å². The summed E-state index contributed by atoms with van der Waals surface area (Å²) in [4.78, 5) is 30.5. The molecule has 9 heteroatoms. The molecule has 1 fully saturated rings. The smallest absolute Gasteiger partial charge is 0.264 e. The SMILES string of the molecule is Cc1ccc(N(CC(=O)N(Cc2ccc(Br)cc2)C(Cc2ccccc2)C(=O)NC2CCCCC2)S(=O)(=O)c2ccccc2)cc1C. The number of nitrogens with one attached hydrogen (secondary N) is 1. The Morgan fingerprint density at radius 1 is 0.809 bits per heavy atom. The fraction of sp³-hybridized carbons (Fsp3) is 0.316. The van der Waals surface area contributed by atoms with E-state index >= 15 is 0 Å². The van der Waals surface area contributed by atoms with Gasteiger partial charge in [-0.1, -0.05) is 102 Å². The lowest BCUT2D eigenvalue weighted by Gasteiger charge is -2.35. The fourth-order valence-electron chi connectivity index (χ4n) is 6.01. The second-order valence-electron chi connectivity index (χ2n) is 12.3. The van der Waals surface area contributed by atoms with Crippen LogP contribution in [-0.2, 0) is 32.6 Å². The molecule has 0 bridgehead atoms. The van der Waals surface area contributed by atoms with Crippen LogP contribution in [0.25, 0.3) is 0 Å². The Hall–Kier alpha value is -3.95. The molecule has 47 heavy (non-hydrogen) atoms. The number of nitrogens with zero attached hydrogens (tertiary/aromatic N) is 2. The van der Waals surface area contributed by atoms with Crippen molar-refractivity contribution in [2.45, 2.75) is 75.9 Å². The predicted molar refractivity (Wildman–Crippen MR) is 191 cm³/mol. The first-order chi connectivity index (χ1) is 22.6. The highest BCUT2D eigenvalue weighted by atomic mass is 79.9. The number of halogens is 1. The van der Waals surface area contributed by atoms with Crippen molar-refractivity contribution in [2.24, 2.45) is 0 Å². The molecule has 1 saturated carbocycles. The topological polar surface area (TPSA) is 86.8 Å². The lowest BCUT2D eigenvalue weighted by Crippen LogP contribution is -2.55. The van der Waals surface area contributed by atoms with Gasteiger partial charge in [-0.25, -0.2) is 8.42 Å². The number of anilines is 1. The monoisotopic (exact) mass is 715 g/mol. The largest absolute Gasteiger partial charge is 0.352 e. The zero-order valence-electron chi connectivity index (χ0n) is 26.9. The third-order valence-corrected chi connectivity index (χ3v) is 11.2. The van der Waals surface area contributed by atoms with Crippen LogP contribution in [0, 0.1) is 13.8 Å². The van der Waals surface area contributed by atoms with E-state index in [0.717, 1.165) is 58.8 Å². The quantitative estimate of drug-likeness (QED) is 0.166. The number of hydrogen-bond acceptors (Lipinski definition) is 4. The summed E-state index contributed by atoms with van der Waals surface area (Å²) in [7, 11) is -4.14. The van der Waals surface area contributed by atoms with Crippen molar-refractivity contribution >= 4 is 43.5 Å². The van der Waals surface area contributed by atoms with Gasteiger partial charge < -0.3 is 10.2 Å². The molecule has 0 spiro atoms. The lowest BCUT2D eigenvalue weighted by atomic mass is 9.94. The Morgan fingerprint density at radius 2 is 1.45 bits per heavy atom. The molecule has 7 nitrogen and oxygen atoms in total. The molecule has 1 atom stereocenters. The van der Waals surface area contributed by atoms with Gasteiger partial charge in [-0.15, -0.1) is 0 Å². The molecule has 0 radical (unpaired) electrons. The molecule has 2 amide bonds. The molecule has 4 aromatic rings. The van der Waals surface area contributed by atoms with Crippen LogP contribution in [0.2, 0.25) is 0 Å². The van der Waals surface area contributed by atoms with E-state index in [4.69, 9.17) is 0 Å². The number of rotatable bonds is 12. The molecule has 5 rings (SSSR count). The van der Waals surface area contributed by atoms with Gasteiger partial charge in [0.1, 0.15) is 12.6 Å². The normalized spacial score (nSPS) is 14.3. The van der Waals surface area contributed by atoms with Crippen LogP contribution >= 0.6 is 15.9 Å². The zero-order valence-corrected chi connectivity index (χ0v) is 29.3. The van der Waals surface area contributed by atoms with E-state index < -0.39 is 28.5 Å². The Morgan fingerprint density at radius 3 is 2.09 bits per heavy atom. The molecule has 0 heterocycles. The summed E-state index contributed by atoms with van der Waals surface area (Å²) in [6.45, 7) is 3.53. The van der Waals surface area contributed by atoms with Crippen molar-refractivity contribution in [3.63, 3.8) is 0 Å². The van der Waals surface area contributed by atoms with Gasteiger partial charge in [0.2, 0.25) is 11.8 Å². The van der Waals surface area contributed by atoms with Crippen molar-refractivity contribution in [3.8, 4) is 0 Å². The first-order valence-electron chi connectivity index (χ1n) is 16.1. The molecular formula is C38H42BrN3O4S. The molecular weight excluding hydrogens is 674 g/mol. The van der Waals surface area contributed by atoms with E-state index in [-0.39, 0.29) is 29.8 Å². The summed E-state index contributed by atoms with van der Waals surface area (Å²) in [6, 6.07) is 30.0. The molecule has 0 aliphatic heterocycles. The predicted octanol–water partition coefficient (Wildman–Crippen LogP) is 7.35. The van der Waals surface area contributed by atoms with Gasteiger partial charge in [0.05, 0.1) is 10.6 Å². The van der Waals surface area contributed by atoms with E-state index in [9.17, 15) is 18.0 Å². The van der Waals surface area contributed by atoms with Crippen molar-refractivity contribution in [1.29, 1.82) is 0 Å². The van der Waals surface area contributed by atoms with E-state index in [1.165, 1.54) is 16.4 Å². The number of carbonyl (C=O) groups is 2. The molecule has 1 N–H and O–H groups in total. The van der Waals surface area contributed by atoms with Crippen LogP contribution in [0.3, 0.4) is 0 Å². The number of hydrogen-bond donors (Lipinski definition) is 1. The number of aryl methyl sites for hydroxylation is 2. The van der Waals surface area contributed by atoms with E-state index in [2.05, 4.69) is 21.2 Å². The van der Waals surface area contributed by atoms with E-state index in [1.807, 2.05) is 74.5 Å². The van der Waals surface area contributed by atoms with Gasteiger partial charge in [0, 0.05) is 23.5 Å². The summed E-state index contributed by atoms with van der Waals surface area (Å²) in [6.07, 6.45) is 5.35. The third kappa shape index (κ3) is 8.90. The van der Waals surface area contributed by atoms with Crippen molar-refractivity contribution < 1.29 is 18.0 Å². The maximum absolute atomic E-state index is 14.7. The second kappa shape index (κ2) is 15.8. The van der Waals surface area contributed by atoms with Crippen LogP contribution in [-0.4, -0.2) is 43.8 Å². The molecule has 1 aliphatic rings. The highest BCUT2D eigenvalue weighted by molar-refractivity contribution is 9.10. The van der Waals surface area contributed by atoms with Crippen molar-refractivity contribution in [1.82, 2.24) is 10.2 Å². The molecule has 246 valence electrons. The highest BCUT2D eigenvalue weighted by Gasteiger charge is 2.35. The van der Waals surface area contributed by atoms with Crippen LogP contribution in [0.1, 0.15) is 54.4 Å². The van der Waals surface area contributed by atoms with Gasteiger partial charge in [-0.2, -0.15) is 0 Å². The summed E-state index contributed by atoms with van der Waals surface area (Å²) in [5, 5.41) is 3.25. The number of benzene rings is 4. The minimum atomic E-state index is -4.14. The standard InChI is InChI=1S/C38H42BrN3O4S/c1-28-18-23-34(24-29(28)2)42(47(45,46)35-16-10-5-11-17-35)27-37(43)41(26-31-19-21-32(39)22-20-31)36(25-30-12-6-3-7-13-30)38(44)40-33-14-8-4-9-15-33/h3,5-7,10-13,16-24,33,36H,4,8-9,14-15,25-27H2,1-2H3,(H,40,44). The molecule has 1 unspecified atom stereocenters. The maximum atomic E-state index is 14.7. The van der Waals surface area contributed by atoms with Crippen LogP contribution in [0.5, 0.6) is 0 Å². The number of sulfonamides is 1. The minimum absolute atomic E-state index is 0.0460. The minimum Gasteiger partial charge on any atom is -0.352 e. The van der Waals surface area contributed by atoms with Crippen LogP contribution in [0.4, 0.5) is 5.69 Å². The summed E-state index contributed by atoms with van der Waals surface area (Å²) >= 11 is 3.49. The Balaban J connectivity index is 1.56. The van der Waals surface area contributed by atoms with E-state index in [0.29, 0.717) is 5.69 Å². The van der Waals surface area contributed by atoms with Crippen molar-refractivity contribution in [3.05, 3.63) is 130 Å². The second-order valence-corrected chi connectivity index (χ2v) is 15.1. The fourth-order valence-corrected chi connectivity index (χ4v) is 7.71. The highest BCUT2D eigenvalue weighted by Crippen LogP contribution is 2.27. The maximum Gasteiger partial charge on any atom is 0.264 e. The summed E-state index contributed by atoms with van der Waals surface area (Å²) < 4.78 is 30.5. The lowest BCUT2D eigenvalue weighted by molar-refractivity contribution is -0.140. The van der Waals surface area contributed by atoms with Crippen molar-refractivity contribution in [2.75, 3.05) is 10.8 Å². The summed E-state index contributed by atoms with van der Waals surface area (Å²) in [5.74, 6) is -0.694. The first-order valence-corrected chi connectivity index (χ1v) is 18.4. The van der Waals surface area contributed by atoms with Gasteiger partial charge in [-0.05, 0) is 85.3 Å². The average molecular weight is 717 g/mol. The first kappa shape index (κ1) is 34.4. The molecule has 4 aromatic carbocycles. The Labute approximate surface area is 287 Å². The third-order valence-electron chi connectivity index (χ3n) is 8.88. The van der Waals surface area contributed by atoms with Crippen LogP contribution in [0.15, 0.2) is 112 Å². The Kier molecular flexibility index (Phi) is 11.5. The van der Waals surface area contributed by atoms with E-state index in [1.54, 1.807) is 35.2 Å². The number of carbonyl (C=O) groups excluding carboxylic acids is 2. The average Bonchev–Trinajstić information content (AvgIpc) is 3.08. The zero-order chi connectivity index (χ0) is 33.4. The number of amides is 2. The van der Waals surface area contributed by atoms with Gasteiger partial charge in [0.25, 0.3) is 10.0 Å². The molecule has 0 saturated heterocycles. The van der Waals surface area contributed by atoms with Gasteiger partial charge in [0.15, 0.2) is 0 Å². The van der Waals surface area contributed by atoms with Crippen LogP contribution < -0.4 is 9.62 Å². The summed E-state index contributed by atoms with van der Waals surface area (Å²) in [5.41, 5.74) is 4.04. The molecule has 0 aromatic heterocycles. The Bertz CT molecular complexity index is 1760. The molecule has 1 aliphatic carbocycles.